The van der Waals surface area contributed by atoms with Crippen LogP contribution in [-0.2, 0) is 11.4 Å². The molecule has 0 fully saturated rings. The number of hydrogen-bond donors (Lipinski definition) is 1. The van der Waals surface area contributed by atoms with Crippen molar-refractivity contribution >= 4 is 12.0 Å². The summed E-state index contributed by atoms with van der Waals surface area (Å²) in [6.07, 6.45) is 2.34. The van der Waals surface area contributed by atoms with Gasteiger partial charge in [0.25, 0.3) is 0 Å². The van der Waals surface area contributed by atoms with Crippen LogP contribution in [0.4, 0.5) is 4.39 Å². The van der Waals surface area contributed by atoms with E-state index in [0.717, 1.165) is 23.0 Å². The molecule has 0 saturated carbocycles. The van der Waals surface area contributed by atoms with Gasteiger partial charge in [-0.15, -0.1) is 0 Å². The van der Waals surface area contributed by atoms with Crippen molar-refractivity contribution in [3.05, 3.63) is 71.0 Å². The number of carbonyl (C=O) groups is 1. The van der Waals surface area contributed by atoms with Gasteiger partial charge in [-0.25, -0.2) is 9.18 Å². The van der Waals surface area contributed by atoms with Crippen molar-refractivity contribution in [3.8, 4) is 5.75 Å². The van der Waals surface area contributed by atoms with E-state index in [2.05, 4.69) is 0 Å². The number of aryl methyl sites for hydroxylation is 1. The maximum absolute atomic E-state index is 13.3. The van der Waals surface area contributed by atoms with Crippen LogP contribution in [0.3, 0.4) is 0 Å². The van der Waals surface area contributed by atoms with Gasteiger partial charge in [0.05, 0.1) is 0 Å². The minimum atomic E-state index is -1.08. The molecule has 0 amide bonds. The topological polar surface area (TPSA) is 46.5 Å². The normalized spacial score (nSPS) is 10.8. The Morgan fingerprint density at radius 3 is 2.76 bits per heavy atom. The van der Waals surface area contributed by atoms with E-state index in [0.29, 0.717) is 5.56 Å². The van der Waals surface area contributed by atoms with Crippen molar-refractivity contribution in [2.24, 2.45) is 0 Å². The highest BCUT2D eigenvalue weighted by Crippen LogP contribution is 2.20. The maximum atomic E-state index is 13.3. The Labute approximate surface area is 122 Å². The number of rotatable bonds is 5. The van der Waals surface area contributed by atoms with E-state index in [9.17, 15) is 9.18 Å². The molecule has 2 aromatic carbocycles. The predicted molar refractivity (Wildman–Crippen MR) is 78.6 cm³/mol. The number of ether oxygens (including phenoxy) is 1. The molecule has 108 valence electrons. The summed E-state index contributed by atoms with van der Waals surface area (Å²) in [4.78, 5) is 10.6. The lowest BCUT2D eigenvalue weighted by Crippen LogP contribution is -2.00. The molecule has 2 aromatic rings. The fourth-order valence-electron chi connectivity index (χ4n) is 1.89. The van der Waals surface area contributed by atoms with Gasteiger partial charge < -0.3 is 9.84 Å². The van der Waals surface area contributed by atoms with E-state index in [1.54, 1.807) is 6.07 Å². The summed E-state index contributed by atoms with van der Waals surface area (Å²) in [5, 5.41) is 8.67. The van der Waals surface area contributed by atoms with Crippen LogP contribution in [0.1, 0.15) is 16.7 Å². The largest absolute Gasteiger partial charge is 0.489 e. The summed E-state index contributed by atoms with van der Waals surface area (Å²) in [6, 6.07) is 11.8. The Morgan fingerprint density at radius 1 is 1.29 bits per heavy atom. The monoisotopic (exact) mass is 286 g/mol. The smallest absolute Gasteiger partial charge is 0.328 e. The van der Waals surface area contributed by atoms with Crippen molar-refractivity contribution in [2.75, 3.05) is 0 Å². The van der Waals surface area contributed by atoms with Gasteiger partial charge >= 0.3 is 5.97 Å². The van der Waals surface area contributed by atoms with Crippen molar-refractivity contribution in [1.82, 2.24) is 0 Å². The zero-order valence-electron chi connectivity index (χ0n) is 11.5. The second-order valence-electron chi connectivity index (χ2n) is 4.57. The molecule has 0 bridgehead atoms. The second-order valence-corrected chi connectivity index (χ2v) is 4.57. The van der Waals surface area contributed by atoms with Crippen molar-refractivity contribution in [3.63, 3.8) is 0 Å². The molecule has 0 spiro atoms. The first-order chi connectivity index (χ1) is 10.1. The van der Waals surface area contributed by atoms with Gasteiger partial charge in [0.2, 0.25) is 0 Å². The van der Waals surface area contributed by atoms with Gasteiger partial charge in [0.1, 0.15) is 18.2 Å². The van der Waals surface area contributed by atoms with Gasteiger partial charge in [0, 0.05) is 6.08 Å². The molecule has 0 atom stereocenters. The van der Waals surface area contributed by atoms with E-state index in [-0.39, 0.29) is 6.61 Å². The number of hydrogen-bond acceptors (Lipinski definition) is 2. The Hall–Kier alpha value is -2.62. The summed E-state index contributed by atoms with van der Waals surface area (Å²) in [6.45, 7) is 2.18. The Bertz CT molecular complexity index is 677. The number of benzene rings is 2. The minimum absolute atomic E-state index is 0.241. The number of para-hydroxylation sites is 1. The molecule has 3 nitrogen and oxygen atoms in total. The highest BCUT2D eigenvalue weighted by Gasteiger charge is 2.05. The second kappa shape index (κ2) is 6.70. The van der Waals surface area contributed by atoms with Gasteiger partial charge in [-0.1, -0.05) is 24.3 Å². The van der Waals surface area contributed by atoms with E-state index < -0.39 is 11.8 Å². The zero-order chi connectivity index (χ0) is 15.2. The lowest BCUT2D eigenvalue weighted by Gasteiger charge is -2.11. The first-order valence-electron chi connectivity index (χ1n) is 6.44. The van der Waals surface area contributed by atoms with Crippen LogP contribution in [0.25, 0.3) is 6.08 Å². The third kappa shape index (κ3) is 4.18. The molecule has 0 aliphatic rings. The predicted octanol–water partition coefficient (Wildman–Crippen LogP) is 3.81. The van der Waals surface area contributed by atoms with Crippen molar-refractivity contribution < 1.29 is 19.0 Å². The fraction of sp³-hybridized carbons (Fsp3) is 0.118. The standard InChI is InChI=1S/C17H15FO3/c1-12-4-2-3-5-16(12)21-11-14-6-8-15(18)10-13(14)7-9-17(19)20/h2-10H,11H2,1H3,(H,19,20). The van der Waals surface area contributed by atoms with Crippen LogP contribution in [0.2, 0.25) is 0 Å². The molecule has 2 rings (SSSR count). The molecule has 0 unspecified atom stereocenters. The van der Waals surface area contributed by atoms with Crippen LogP contribution < -0.4 is 4.74 Å². The number of carboxylic acid groups (broad SMARTS) is 1. The molecule has 0 radical (unpaired) electrons. The Balaban J connectivity index is 2.20. The minimum Gasteiger partial charge on any atom is -0.489 e. The zero-order valence-corrected chi connectivity index (χ0v) is 11.5. The molecule has 0 heterocycles. The average Bonchev–Trinajstić information content (AvgIpc) is 2.45. The van der Waals surface area contributed by atoms with Gasteiger partial charge in [0.15, 0.2) is 0 Å². The summed E-state index contributed by atoms with van der Waals surface area (Å²) in [5.74, 6) is -0.750. The first-order valence-corrected chi connectivity index (χ1v) is 6.44. The number of aliphatic carboxylic acids is 1. The van der Waals surface area contributed by atoms with E-state index in [4.69, 9.17) is 9.84 Å². The van der Waals surface area contributed by atoms with E-state index in [1.807, 2.05) is 31.2 Å². The first kappa shape index (κ1) is 14.8. The highest BCUT2D eigenvalue weighted by molar-refractivity contribution is 5.85. The SMILES string of the molecule is Cc1ccccc1OCc1ccc(F)cc1C=CC(=O)O. The summed E-state index contributed by atoms with van der Waals surface area (Å²) >= 11 is 0. The number of carboxylic acids is 1. The quantitative estimate of drug-likeness (QED) is 0.850. The van der Waals surface area contributed by atoms with Crippen molar-refractivity contribution in [2.45, 2.75) is 13.5 Å². The van der Waals surface area contributed by atoms with Gasteiger partial charge in [-0.05, 0) is 47.9 Å². The third-order valence-corrected chi connectivity index (χ3v) is 2.99. The fourth-order valence-corrected chi connectivity index (χ4v) is 1.89. The summed E-state index contributed by atoms with van der Waals surface area (Å²) in [5.41, 5.74) is 2.21. The Kier molecular flexibility index (Phi) is 4.72. The lowest BCUT2D eigenvalue weighted by atomic mass is 10.1. The van der Waals surface area contributed by atoms with Crippen molar-refractivity contribution in [1.29, 1.82) is 0 Å². The van der Waals surface area contributed by atoms with Gasteiger partial charge in [-0.2, -0.15) is 0 Å². The summed E-state index contributed by atoms with van der Waals surface area (Å²) < 4.78 is 19.0. The highest BCUT2D eigenvalue weighted by atomic mass is 19.1. The van der Waals surface area contributed by atoms with Crippen LogP contribution in [0, 0.1) is 12.7 Å². The maximum Gasteiger partial charge on any atom is 0.328 e. The van der Waals surface area contributed by atoms with E-state index >= 15 is 0 Å². The molecule has 1 N–H and O–H groups in total. The van der Waals surface area contributed by atoms with Crippen LogP contribution >= 0.6 is 0 Å². The van der Waals surface area contributed by atoms with E-state index in [1.165, 1.54) is 18.2 Å². The van der Waals surface area contributed by atoms with Crippen LogP contribution in [-0.4, -0.2) is 11.1 Å². The molecule has 0 aliphatic carbocycles. The summed E-state index contributed by atoms with van der Waals surface area (Å²) in [7, 11) is 0. The molecular formula is C17H15FO3. The molecule has 0 saturated heterocycles. The lowest BCUT2D eigenvalue weighted by molar-refractivity contribution is -0.131. The molecule has 0 aromatic heterocycles. The van der Waals surface area contributed by atoms with Gasteiger partial charge in [-0.3, -0.25) is 0 Å². The Morgan fingerprint density at radius 2 is 2.05 bits per heavy atom. The number of halogens is 1. The average molecular weight is 286 g/mol. The van der Waals surface area contributed by atoms with Crippen LogP contribution in [0.5, 0.6) is 5.75 Å². The molecule has 4 heteroatoms. The molecule has 21 heavy (non-hydrogen) atoms. The molecule has 0 aliphatic heterocycles. The van der Waals surface area contributed by atoms with Crippen LogP contribution in [0.15, 0.2) is 48.5 Å². The molecular weight excluding hydrogens is 271 g/mol. The third-order valence-electron chi connectivity index (χ3n) is 2.99.